The van der Waals surface area contributed by atoms with E-state index in [9.17, 15) is 9.59 Å². The van der Waals surface area contributed by atoms with Crippen LogP contribution in [0.15, 0.2) is 77.5 Å². The van der Waals surface area contributed by atoms with Crippen LogP contribution in [0.4, 0.5) is 0 Å². The van der Waals surface area contributed by atoms with Crippen molar-refractivity contribution in [3.8, 4) is 22.3 Å². The molecule has 1 amide bonds. The minimum atomic E-state index is 0.232. The van der Waals surface area contributed by atoms with Crippen LogP contribution in [0.1, 0.15) is 58.2 Å². The number of amides is 1. The number of benzene rings is 2. The highest BCUT2D eigenvalue weighted by atomic mass is 16.1. The molecule has 0 spiro atoms. The topological polar surface area (TPSA) is 174 Å². The van der Waals surface area contributed by atoms with Crippen molar-refractivity contribution in [2.24, 2.45) is 21.7 Å². The second kappa shape index (κ2) is 16.5. The molecule has 0 atom stereocenters. The molecule has 2 aromatic heterocycles. The van der Waals surface area contributed by atoms with Gasteiger partial charge in [-0.15, -0.1) is 0 Å². The molecule has 4 rings (SSSR count). The Morgan fingerprint density at radius 2 is 1.45 bits per heavy atom. The number of rotatable bonds is 11. The van der Waals surface area contributed by atoms with E-state index in [0.717, 1.165) is 51.1 Å². The quantitative estimate of drug-likeness (QED) is 0.116. The van der Waals surface area contributed by atoms with Gasteiger partial charge in [0.15, 0.2) is 6.29 Å². The molecule has 0 unspecified atom stereocenters. The number of carbonyl (C=O) groups excluding carboxylic acids is 2. The van der Waals surface area contributed by atoms with E-state index in [1.165, 1.54) is 5.56 Å². The van der Waals surface area contributed by atoms with E-state index in [-0.39, 0.29) is 13.1 Å². The summed E-state index contributed by atoms with van der Waals surface area (Å²) in [5.74, 6) is 1.13. The lowest BCUT2D eigenvalue weighted by atomic mass is 9.95. The first-order valence-electron chi connectivity index (χ1n) is 14.1. The first-order chi connectivity index (χ1) is 21.3. The van der Waals surface area contributed by atoms with Crippen LogP contribution < -0.4 is 22.3 Å². The number of aryl methyl sites for hydroxylation is 2. The van der Waals surface area contributed by atoms with Crippen LogP contribution in [0.25, 0.3) is 22.3 Å². The summed E-state index contributed by atoms with van der Waals surface area (Å²) in [4.78, 5) is 34.4. The van der Waals surface area contributed by atoms with Crippen LogP contribution in [0.5, 0.6) is 0 Å². The molecule has 0 saturated heterocycles. The molecule has 0 saturated carbocycles. The normalized spacial score (nSPS) is 11.5. The maximum absolute atomic E-state index is 11.3. The summed E-state index contributed by atoms with van der Waals surface area (Å²) in [6, 6.07) is 13.7. The van der Waals surface area contributed by atoms with Crippen LogP contribution >= 0.6 is 0 Å². The first-order valence-corrected chi connectivity index (χ1v) is 14.1. The van der Waals surface area contributed by atoms with Crippen LogP contribution in [0, 0.1) is 13.8 Å². The second-order valence-corrected chi connectivity index (χ2v) is 10.1. The maximum Gasteiger partial charge on any atom is 0.227 e. The number of aromatic nitrogens is 3. The van der Waals surface area contributed by atoms with E-state index >= 15 is 0 Å². The standard InChI is InChI=1S/C18H22N4O.C15H17N5O/c1-12(2)15-6-16(10-21-9-15)13-4-5-14(11-23)17(7-13)18(8-19)22-20-3;1-10-3-4-12(13-7-17-11(2)18-8-13)5-14(10)15(6-16)20-19-9-21/h4-7,9-12,20H,8,19H2,1-3H3;3-5,7-9H,6,16H2,1-2H3,(H,19,21)/b22-18-;20-15-. The Bertz CT molecular complexity index is 1630. The van der Waals surface area contributed by atoms with E-state index in [1.54, 1.807) is 25.5 Å². The monoisotopic (exact) mass is 593 g/mol. The van der Waals surface area contributed by atoms with E-state index < -0.39 is 0 Å². The molecule has 0 aliphatic rings. The molecule has 0 radical (unpaired) electrons. The molecule has 11 heteroatoms. The third kappa shape index (κ3) is 8.69. The van der Waals surface area contributed by atoms with Crippen molar-refractivity contribution in [1.82, 2.24) is 25.8 Å². The van der Waals surface area contributed by atoms with E-state index in [2.05, 4.69) is 55.9 Å². The lowest BCUT2D eigenvalue weighted by Gasteiger charge is -2.11. The minimum Gasteiger partial charge on any atom is -0.325 e. The van der Waals surface area contributed by atoms with Gasteiger partial charge >= 0.3 is 0 Å². The molecule has 4 aromatic rings. The fourth-order valence-corrected chi connectivity index (χ4v) is 4.34. The third-order valence-corrected chi connectivity index (χ3v) is 6.80. The zero-order chi connectivity index (χ0) is 32.1. The Balaban J connectivity index is 0.000000241. The van der Waals surface area contributed by atoms with Gasteiger partial charge < -0.3 is 16.9 Å². The summed E-state index contributed by atoms with van der Waals surface area (Å²) in [5, 5.41) is 8.15. The van der Waals surface area contributed by atoms with Crippen LogP contribution in [-0.4, -0.2) is 59.2 Å². The number of nitrogens with zero attached hydrogens (tertiary/aromatic N) is 5. The summed E-state index contributed by atoms with van der Waals surface area (Å²) < 4.78 is 0. The Labute approximate surface area is 257 Å². The number of hydrogen-bond acceptors (Lipinski definition) is 10. The highest BCUT2D eigenvalue weighted by Crippen LogP contribution is 2.25. The summed E-state index contributed by atoms with van der Waals surface area (Å²) in [7, 11) is 1.70. The highest BCUT2D eigenvalue weighted by Gasteiger charge is 2.12. The van der Waals surface area contributed by atoms with Crippen LogP contribution in [0.3, 0.4) is 0 Å². The van der Waals surface area contributed by atoms with Gasteiger partial charge in [-0.3, -0.25) is 14.6 Å². The second-order valence-electron chi connectivity index (χ2n) is 10.1. The molecular formula is C33H39N9O2. The first kappa shape index (κ1) is 33.4. The maximum atomic E-state index is 11.3. The molecule has 0 aliphatic heterocycles. The van der Waals surface area contributed by atoms with Gasteiger partial charge in [-0.05, 0) is 60.2 Å². The molecule has 0 bridgehead atoms. The average Bonchev–Trinajstić information content (AvgIpc) is 3.05. The lowest BCUT2D eigenvalue weighted by Crippen LogP contribution is -2.20. The van der Waals surface area contributed by atoms with E-state index in [4.69, 9.17) is 11.5 Å². The summed E-state index contributed by atoms with van der Waals surface area (Å²) in [5.41, 5.74) is 26.1. The van der Waals surface area contributed by atoms with Gasteiger partial charge in [-0.1, -0.05) is 38.1 Å². The van der Waals surface area contributed by atoms with E-state index in [0.29, 0.717) is 29.3 Å². The number of nitrogens with one attached hydrogen (secondary N) is 2. The molecule has 44 heavy (non-hydrogen) atoms. The summed E-state index contributed by atoms with van der Waals surface area (Å²) >= 11 is 0. The summed E-state index contributed by atoms with van der Waals surface area (Å²) in [6.45, 7) is 8.55. The number of aldehydes is 1. The van der Waals surface area contributed by atoms with Gasteiger partial charge in [-0.2, -0.15) is 10.2 Å². The third-order valence-electron chi connectivity index (χ3n) is 6.80. The smallest absolute Gasteiger partial charge is 0.227 e. The molecule has 0 fully saturated rings. The van der Waals surface area contributed by atoms with E-state index in [1.807, 2.05) is 56.6 Å². The molecule has 0 aliphatic carbocycles. The lowest BCUT2D eigenvalue weighted by molar-refractivity contribution is -0.109. The van der Waals surface area contributed by atoms with Crippen LogP contribution in [-0.2, 0) is 4.79 Å². The van der Waals surface area contributed by atoms with Gasteiger partial charge in [-0.25, -0.2) is 15.4 Å². The number of hydrogen-bond donors (Lipinski definition) is 4. The van der Waals surface area contributed by atoms with Gasteiger partial charge in [0.05, 0.1) is 11.4 Å². The molecule has 2 heterocycles. The highest BCUT2D eigenvalue weighted by molar-refractivity contribution is 6.08. The van der Waals surface area contributed by atoms with Crippen molar-refractivity contribution in [3.63, 3.8) is 0 Å². The SMILES string of the molecule is CN/N=C(/CN)c1cc(-c2cncc(C(C)C)c2)ccc1C=O.Cc1ncc(-c2ccc(C)c(/C(CN)=N\NC=O)c2)cn1. The van der Waals surface area contributed by atoms with Gasteiger partial charge in [0.1, 0.15) is 5.82 Å². The van der Waals surface area contributed by atoms with Crippen molar-refractivity contribution in [3.05, 3.63) is 101 Å². The molecule has 228 valence electrons. The number of hydrazone groups is 2. The fraction of sp³-hybridized carbons (Fsp3) is 0.242. The Morgan fingerprint density at radius 1 is 0.818 bits per heavy atom. The molecule has 11 nitrogen and oxygen atoms in total. The average molecular weight is 594 g/mol. The van der Waals surface area contributed by atoms with Gasteiger partial charge in [0, 0.05) is 72.7 Å². The summed E-state index contributed by atoms with van der Waals surface area (Å²) in [6.07, 6.45) is 8.59. The van der Waals surface area contributed by atoms with Crippen molar-refractivity contribution in [2.75, 3.05) is 20.1 Å². The number of nitrogens with two attached hydrogens (primary N) is 2. The Hall–Kier alpha value is -5.13. The van der Waals surface area contributed by atoms with Crippen molar-refractivity contribution in [1.29, 1.82) is 0 Å². The number of pyridine rings is 1. The molecular weight excluding hydrogens is 554 g/mol. The molecule has 2 aromatic carbocycles. The van der Waals surface area contributed by atoms with Crippen molar-refractivity contribution < 1.29 is 9.59 Å². The van der Waals surface area contributed by atoms with Gasteiger partial charge in [0.2, 0.25) is 6.41 Å². The number of carbonyl (C=O) groups is 2. The predicted molar refractivity (Wildman–Crippen MR) is 176 cm³/mol. The van der Waals surface area contributed by atoms with Crippen molar-refractivity contribution >= 4 is 24.1 Å². The zero-order valence-electron chi connectivity index (χ0n) is 25.7. The Kier molecular flexibility index (Phi) is 12.5. The largest absolute Gasteiger partial charge is 0.325 e. The van der Waals surface area contributed by atoms with Crippen molar-refractivity contribution in [2.45, 2.75) is 33.6 Å². The fourth-order valence-electron chi connectivity index (χ4n) is 4.34. The zero-order valence-corrected chi connectivity index (χ0v) is 25.7. The van der Waals surface area contributed by atoms with Crippen LogP contribution in [0.2, 0.25) is 0 Å². The Morgan fingerprint density at radius 3 is 2.07 bits per heavy atom. The van der Waals surface area contributed by atoms with Gasteiger partial charge in [0.25, 0.3) is 0 Å². The minimum absolute atomic E-state index is 0.232. The molecule has 6 N–H and O–H groups in total. The predicted octanol–water partition coefficient (Wildman–Crippen LogP) is 3.74.